The fourth-order valence-electron chi connectivity index (χ4n) is 1.45. The molecule has 0 radical (unpaired) electrons. The summed E-state index contributed by atoms with van der Waals surface area (Å²) in [5, 5.41) is 0. The molecule has 0 fully saturated rings. The molecule has 2 N–H and O–H groups in total. The molecule has 0 aliphatic heterocycles. The predicted molar refractivity (Wildman–Crippen MR) is 77.8 cm³/mol. The van der Waals surface area contributed by atoms with E-state index in [1.807, 2.05) is 12.1 Å². The Kier molecular flexibility index (Phi) is 3.98. The molecule has 0 unspecified atom stereocenters. The molecule has 4 nitrogen and oxygen atoms in total. The van der Waals surface area contributed by atoms with Gasteiger partial charge < -0.3 is 10.6 Å². The molecule has 6 heteroatoms. The first kappa shape index (κ1) is 13.0. The van der Waals surface area contributed by atoms with Crippen LogP contribution >= 0.6 is 27.3 Å². The van der Waals surface area contributed by atoms with E-state index in [9.17, 15) is 4.79 Å². The van der Waals surface area contributed by atoms with Crippen molar-refractivity contribution in [1.29, 1.82) is 0 Å². The van der Waals surface area contributed by atoms with Crippen LogP contribution in [0.3, 0.4) is 0 Å². The summed E-state index contributed by atoms with van der Waals surface area (Å²) in [4.78, 5) is 18.7. The molecule has 0 aliphatic carbocycles. The lowest BCUT2D eigenvalue weighted by atomic mass is 10.3. The number of carbonyl (C=O) groups is 1. The van der Waals surface area contributed by atoms with Gasteiger partial charge in [-0.15, -0.1) is 11.3 Å². The number of hydrogen-bond donors (Lipinski definition) is 1. The Morgan fingerprint density at radius 2 is 2.22 bits per heavy atom. The van der Waals surface area contributed by atoms with E-state index in [2.05, 4.69) is 20.9 Å². The van der Waals surface area contributed by atoms with Crippen LogP contribution in [0.5, 0.6) is 0 Å². The number of pyridine rings is 1. The fourth-order valence-corrected chi connectivity index (χ4v) is 2.93. The third-order valence-electron chi connectivity index (χ3n) is 2.49. The van der Waals surface area contributed by atoms with E-state index in [1.165, 1.54) is 0 Å². The molecule has 2 aromatic rings. The first-order valence-corrected chi connectivity index (χ1v) is 6.89. The summed E-state index contributed by atoms with van der Waals surface area (Å²) in [7, 11) is 1.73. The molecule has 0 bridgehead atoms. The maximum atomic E-state index is 12.1. The highest BCUT2D eigenvalue weighted by Crippen LogP contribution is 2.23. The molecule has 0 spiro atoms. The Morgan fingerprint density at radius 3 is 2.78 bits per heavy atom. The van der Waals surface area contributed by atoms with E-state index < -0.39 is 0 Å². The Morgan fingerprint density at radius 1 is 1.44 bits per heavy atom. The van der Waals surface area contributed by atoms with Crippen molar-refractivity contribution < 1.29 is 4.79 Å². The molecule has 0 saturated heterocycles. The monoisotopic (exact) mass is 325 g/mol. The number of anilines is 2. The lowest BCUT2D eigenvalue weighted by molar-refractivity contribution is -0.117. The van der Waals surface area contributed by atoms with Crippen molar-refractivity contribution in [2.24, 2.45) is 0 Å². The summed E-state index contributed by atoms with van der Waals surface area (Å²) in [6, 6.07) is 7.35. The van der Waals surface area contributed by atoms with Crippen LogP contribution in [-0.2, 0) is 11.2 Å². The van der Waals surface area contributed by atoms with E-state index in [0.717, 1.165) is 14.4 Å². The molecule has 0 saturated carbocycles. The van der Waals surface area contributed by atoms with E-state index in [4.69, 9.17) is 5.73 Å². The van der Waals surface area contributed by atoms with Crippen LogP contribution in [0.15, 0.2) is 34.2 Å². The zero-order chi connectivity index (χ0) is 13.1. The van der Waals surface area contributed by atoms with Crippen molar-refractivity contribution in [2.75, 3.05) is 17.7 Å². The van der Waals surface area contributed by atoms with Crippen molar-refractivity contribution in [3.8, 4) is 0 Å². The van der Waals surface area contributed by atoms with E-state index in [1.54, 1.807) is 41.6 Å². The van der Waals surface area contributed by atoms with Crippen LogP contribution in [0.4, 0.5) is 11.5 Å². The van der Waals surface area contributed by atoms with Crippen LogP contribution in [0.2, 0.25) is 0 Å². The summed E-state index contributed by atoms with van der Waals surface area (Å²) in [5.74, 6) is 0.470. The van der Waals surface area contributed by atoms with Crippen molar-refractivity contribution >= 4 is 44.7 Å². The molecular formula is C12H12BrN3OS. The van der Waals surface area contributed by atoms with Crippen LogP contribution in [0.1, 0.15) is 4.88 Å². The first-order chi connectivity index (χ1) is 8.56. The van der Waals surface area contributed by atoms with Gasteiger partial charge in [-0.3, -0.25) is 4.79 Å². The van der Waals surface area contributed by atoms with E-state index in [0.29, 0.717) is 12.2 Å². The lowest BCUT2D eigenvalue weighted by Gasteiger charge is -2.16. The minimum atomic E-state index is 0.0240. The van der Waals surface area contributed by atoms with Crippen LogP contribution in [0, 0.1) is 0 Å². The molecular weight excluding hydrogens is 314 g/mol. The van der Waals surface area contributed by atoms with E-state index >= 15 is 0 Å². The van der Waals surface area contributed by atoms with Crippen LogP contribution in [0.25, 0.3) is 0 Å². The molecule has 0 atom stereocenters. The quantitative estimate of drug-likeness (QED) is 0.943. The summed E-state index contributed by atoms with van der Waals surface area (Å²) >= 11 is 4.95. The summed E-state index contributed by atoms with van der Waals surface area (Å²) in [6.45, 7) is 0. The smallest absolute Gasteiger partial charge is 0.232 e. The predicted octanol–water partition coefficient (Wildman–Crippen LogP) is 2.69. The van der Waals surface area contributed by atoms with Gasteiger partial charge in [-0.25, -0.2) is 4.98 Å². The highest BCUT2D eigenvalue weighted by Gasteiger charge is 2.13. The zero-order valence-electron chi connectivity index (χ0n) is 9.76. The number of rotatable bonds is 3. The van der Waals surface area contributed by atoms with Crippen molar-refractivity contribution in [1.82, 2.24) is 4.98 Å². The van der Waals surface area contributed by atoms with Gasteiger partial charge in [0, 0.05) is 11.9 Å². The van der Waals surface area contributed by atoms with Gasteiger partial charge in [0.05, 0.1) is 22.1 Å². The van der Waals surface area contributed by atoms with Gasteiger partial charge in [0.15, 0.2) is 0 Å². The Labute approximate surface area is 118 Å². The Balaban J connectivity index is 2.07. The van der Waals surface area contributed by atoms with Gasteiger partial charge >= 0.3 is 0 Å². The van der Waals surface area contributed by atoms with Gasteiger partial charge in [-0.05, 0) is 40.2 Å². The van der Waals surface area contributed by atoms with Crippen LogP contribution in [-0.4, -0.2) is 17.9 Å². The molecule has 2 heterocycles. The number of carbonyl (C=O) groups excluding carboxylic acids is 1. The highest BCUT2D eigenvalue weighted by atomic mass is 79.9. The van der Waals surface area contributed by atoms with Gasteiger partial charge in [-0.1, -0.05) is 0 Å². The number of nitrogen functional groups attached to an aromatic ring is 1. The average molecular weight is 326 g/mol. The lowest BCUT2D eigenvalue weighted by Crippen LogP contribution is -2.27. The second-order valence-corrected chi connectivity index (χ2v) is 6.32. The minimum absolute atomic E-state index is 0.0240. The van der Waals surface area contributed by atoms with Crippen molar-refractivity contribution in [2.45, 2.75) is 6.42 Å². The SMILES string of the molecule is CN(C(=O)Cc1ccc(Br)s1)c1ccc(N)nc1. The Hall–Kier alpha value is -1.40. The molecule has 0 aromatic carbocycles. The van der Waals surface area contributed by atoms with Crippen LogP contribution < -0.4 is 10.6 Å². The standard InChI is InChI=1S/C12H12BrN3OS/c1-16(8-2-5-11(14)15-7-8)12(17)6-9-3-4-10(13)18-9/h2-5,7H,6H2,1H3,(H2,14,15). The largest absolute Gasteiger partial charge is 0.384 e. The molecule has 18 heavy (non-hydrogen) atoms. The highest BCUT2D eigenvalue weighted by molar-refractivity contribution is 9.11. The summed E-state index contributed by atoms with van der Waals surface area (Å²) in [5.41, 5.74) is 6.25. The second-order valence-electron chi connectivity index (χ2n) is 3.78. The number of thiophene rings is 1. The third kappa shape index (κ3) is 3.08. The summed E-state index contributed by atoms with van der Waals surface area (Å²) < 4.78 is 1.03. The zero-order valence-corrected chi connectivity index (χ0v) is 12.2. The van der Waals surface area contributed by atoms with Gasteiger partial charge in [0.2, 0.25) is 5.91 Å². The number of aromatic nitrogens is 1. The maximum absolute atomic E-state index is 12.1. The Bertz CT molecular complexity index is 553. The normalized spacial score (nSPS) is 10.3. The maximum Gasteiger partial charge on any atom is 0.232 e. The first-order valence-electron chi connectivity index (χ1n) is 5.28. The molecule has 94 valence electrons. The minimum Gasteiger partial charge on any atom is -0.384 e. The molecule has 1 amide bonds. The van der Waals surface area contributed by atoms with Gasteiger partial charge in [0.1, 0.15) is 5.82 Å². The molecule has 2 aromatic heterocycles. The number of nitrogens with zero attached hydrogens (tertiary/aromatic N) is 2. The number of likely N-dealkylation sites (N-methyl/N-ethyl adjacent to an activating group) is 1. The number of halogens is 1. The number of amides is 1. The fraction of sp³-hybridized carbons (Fsp3) is 0.167. The summed E-state index contributed by atoms with van der Waals surface area (Å²) in [6.07, 6.45) is 1.98. The molecule has 2 rings (SSSR count). The number of nitrogens with two attached hydrogens (primary N) is 1. The topological polar surface area (TPSA) is 59.2 Å². The molecule has 0 aliphatic rings. The van der Waals surface area contributed by atoms with Crippen molar-refractivity contribution in [3.05, 3.63) is 39.1 Å². The van der Waals surface area contributed by atoms with Gasteiger partial charge in [0.25, 0.3) is 0 Å². The number of hydrogen-bond acceptors (Lipinski definition) is 4. The third-order valence-corrected chi connectivity index (χ3v) is 4.11. The average Bonchev–Trinajstić information content (AvgIpc) is 2.75. The van der Waals surface area contributed by atoms with E-state index in [-0.39, 0.29) is 5.91 Å². The van der Waals surface area contributed by atoms with Gasteiger partial charge in [-0.2, -0.15) is 0 Å². The van der Waals surface area contributed by atoms with Crippen molar-refractivity contribution in [3.63, 3.8) is 0 Å². The second kappa shape index (κ2) is 5.49.